The van der Waals surface area contributed by atoms with E-state index in [9.17, 15) is 9.90 Å². The predicted molar refractivity (Wildman–Crippen MR) is 99.1 cm³/mol. The van der Waals surface area contributed by atoms with Crippen LogP contribution < -0.4 is 0 Å². The van der Waals surface area contributed by atoms with Crippen LogP contribution in [0, 0.1) is 0 Å². The summed E-state index contributed by atoms with van der Waals surface area (Å²) in [6, 6.07) is 20.1. The van der Waals surface area contributed by atoms with E-state index >= 15 is 0 Å². The van der Waals surface area contributed by atoms with E-state index in [2.05, 4.69) is 27.8 Å². The average Bonchev–Trinajstić information content (AvgIpc) is 2.96. The summed E-state index contributed by atoms with van der Waals surface area (Å²) in [5.41, 5.74) is 4.25. The number of carbonyl (C=O) groups is 1. The molecule has 0 saturated carbocycles. The lowest BCUT2D eigenvalue weighted by Gasteiger charge is -2.10. The highest BCUT2D eigenvalue weighted by Gasteiger charge is 2.18. The first-order valence-electron chi connectivity index (χ1n) is 8.37. The van der Waals surface area contributed by atoms with Crippen molar-refractivity contribution >= 4 is 27.8 Å². The highest BCUT2D eigenvalue weighted by atomic mass is 16.4. The van der Waals surface area contributed by atoms with E-state index in [-0.39, 0.29) is 5.69 Å². The second kappa shape index (κ2) is 6.06. The smallest absolute Gasteiger partial charge is 0.354 e. The number of nitrogens with zero attached hydrogens (tertiary/aromatic N) is 2. The molecule has 2 aromatic heterocycles. The van der Waals surface area contributed by atoms with Crippen molar-refractivity contribution in [3.63, 3.8) is 0 Å². The summed E-state index contributed by atoms with van der Waals surface area (Å²) in [7, 11) is 0. The molecule has 0 aliphatic rings. The van der Waals surface area contributed by atoms with E-state index in [0.29, 0.717) is 6.42 Å². The van der Waals surface area contributed by atoms with Crippen LogP contribution in [-0.4, -0.2) is 20.6 Å². The zero-order chi connectivity index (χ0) is 17.4. The van der Waals surface area contributed by atoms with Gasteiger partial charge in [-0.3, -0.25) is 0 Å². The Balaban J connectivity index is 2.07. The second-order valence-electron chi connectivity index (χ2n) is 6.10. The molecule has 0 spiro atoms. The molecule has 0 radical (unpaired) electrons. The quantitative estimate of drug-likeness (QED) is 0.599. The Kier molecular flexibility index (Phi) is 3.73. The van der Waals surface area contributed by atoms with E-state index in [1.54, 1.807) is 6.07 Å². The first-order chi connectivity index (χ1) is 12.2. The molecule has 4 heteroatoms. The number of benzene rings is 2. The zero-order valence-electron chi connectivity index (χ0n) is 13.9. The Morgan fingerprint density at radius 1 is 1.04 bits per heavy atom. The molecule has 0 atom stereocenters. The topological polar surface area (TPSA) is 55.1 Å². The van der Waals surface area contributed by atoms with Gasteiger partial charge in [-0.2, -0.15) is 0 Å². The number of aryl methyl sites for hydroxylation is 1. The molecular weight excluding hydrogens is 312 g/mol. The molecular formula is C21H18N2O2. The van der Waals surface area contributed by atoms with Gasteiger partial charge in [0, 0.05) is 22.8 Å². The van der Waals surface area contributed by atoms with Crippen molar-refractivity contribution in [2.45, 2.75) is 19.9 Å². The third kappa shape index (κ3) is 2.56. The fourth-order valence-corrected chi connectivity index (χ4v) is 3.44. The van der Waals surface area contributed by atoms with Crippen molar-refractivity contribution in [3.05, 3.63) is 77.6 Å². The maximum atomic E-state index is 11.5. The molecule has 0 amide bonds. The van der Waals surface area contributed by atoms with Crippen LogP contribution >= 0.6 is 0 Å². The first-order valence-corrected chi connectivity index (χ1v) is 8.37. The van der Waals surface area contributed by atoms with Crippen molar-refractivity contribution in [1.82, 2.24) is 9.55 Å². The van der Waals surface area contributed by atoms with Gasteiger partial charge in [-0.1, -0.05) is 55.5 Å². The molecule has 4 aromatic rings. The van der Waals surface area contributed by atoms with Crippen molar-refractivity contribution < 1.29 is 9.90 Å². The number of carboxylic acid groups (broad SMARTS) is 1. The summed E-state index contributed by atoms with van der Waals surface area (Å²) in [5, 5.41) is 11.4. The minimum Gasteiger partial charge on any atom is -0.477 e. The van der Waals surface area contributed by atoms with Crippen molar-refractivity contribution in [3.8, 4) is 0 Å². The molecule has 0 unspecified atom stereocenters. The summed E-state index contributed by atoms with van der Waals surface area (Å²) in [6.45, 7) is 2.74. The third-order valence-electron chi connectivity index (χ3n) is 4.56. The van der Waals surface area contributed by atoms with Gasteiger partial charge in [-0.25, -0.2) is 9.78 Å². The van der Waals surface area contributed by atoms with E-state index < -0.39 is 5.97 Å². The van der Waals surface area contributed by atoms with Crippen LogP contribution in [0.3, 0.4) is 0 Å². The standard InChI is InChI=1S/C21H18N2O2/c1-2-17-20-16(12-18(22-17)21(24)25)15-10-6-7-11-19(15)23(20)13-14-8-4-3-5-9-14/h3-12H,2,13H2,1H3,(H,24,25). The Morgan fingerprint density at radius 3 is 2.48 bits per heavy atom. The SMILES string of the molecule is CCc1nc(C(=O)O)cc2c3ccccc3n(Cc3ccccc3)c12. The van der Waals surface area contributed by atoms with Crippen LogP contribution in [0.15, 0.2) is 60.7 Å². The van der Waals surface area contributed by atoms with Crippen molar-refractivity contribution in [1.29, 1.82) is 0 Å². The number of pyridine rings is 1. The van der Waals surface area contributed by atoms with E-state index in [1.165, 1.54) is 5.56 Å². The number of aromatic carboxylic acids is 1. The Bertz CT molecular complexity index is 1080. The molecule has 0 aliphatic heterocycles. The first kappa shape index (κ1) is 15.4. The maximum absolute atomic E-state index is 11.5. The van der Waals surface area contributed by atoms with Crippen molar-refractivity contribution in [2.24, 2.45) is 0 Å². The summed E-state index contributed by atoms with van der Waals surface area (Å²) in [6.07, 6.45) is 0.683. The van der Waals surface area contributed by atoms with Crippen LogP contribution in [0.1, 0.15) is 28.7 Å². The molecule has 0 fully saturated rings. The highest BCUT2D eigenvalue weighted by Crippen LogP contribution is 2.32. The lowest BCUT2D eigenvalue weighted by Crippen LogP contribution is -2.06. The third-order valence-corrected chi connectivity index (χ3v) is 4.56. The number of hydrogen-bond donors (Lipinski definition) is 1. The highest BCUT2D eigenvalue weighted by molar-refractivity contribution is 6.10. The monoisotopic (exact) mass is 330 g/mol. The Morgan fingerprint density at radius 2 is 1.76 bits per heavy atom. The number of para-hydroxylation sites is 1. The van der Waals surface area contributed by atoms with Gasteiger partial charge in [0.25, 0.3) is 0 Å². The Labute approximate surface area is 145 Å². The van der Waals surface area contributed by atoms with Gasteiger partial charge in [-0.15, -0.1) is 0 Å². The fourth-order valence-electron chi connectivity index (χ4n) is 3.44. The van der Waals surface area contributed by atoms with Gasteiger partial charge in [0.15, 0.2) is 0 Å². The lowest BCUT2D eigenvalue weighted by atomic mass is 10.1. The average molecular weight is 330 g/mol. The van der Waals surface area contributed by atoms with E-state index in [1.807, 2.05) is 43.3 Å². The van der Waals surface area contributed by atoms with Crippen LogP contribution in [0.5, 0.6) is 0 Å². The molecule has 4 rings (SSSR count). The normalized spacial score (nSPS) is 11.2. The Hall–Kier alpha value is -3.14. The summed E-state index contributed by atoms with van der Waals surface area (Å²) in [4.78, 5) is 15.9. The maximum Gasteiger partial charge on any atom is 0.354 e. The van der Waals surface area contributed by atoms with Gasteiger partial charge < -0.3 is 9.67 Å². The van der Waals surface area contributed by atoms with Gasteiger partial charge in [0.1, 0.15) is 5.69 Å². The number of aromatic nitrogens is 2. The van der Waals surface area contributed by atoms with Crippen LogP contribution in [0.4, 0.5) is 0 Å². The van der Waals surface area contributed by atoms with Crippen LogP contribution in [-0.2, 0) is 13.0 Å². The lowest BCUT2D eigenvalue weighted by molar-refractivity contribution is 0.0690. The molecule has 2 heterocycles. The minimum atomic E-state index is -0.989. The number of fused-ring (bicyclic) bond motifs is 3. The molecule has 4 nitrogen and oxygen atoms in total. The number of carboxylic acids is 1. The fraction of sp³-hybridized carbons (Fsp3) is 0.143. The van der Waals surface area contributed by atoms with Gasteiger partial charge in [-0.05, 0) is 24.1 Å². The summed E-state index contributed by atoms with van der Waals surface area (Å²) < 4.78 is 2.25. The molecule has 124 valence electrons. The molecule has 1 N–H and O–H groups in total. The van der Waals surface area contributed by atoms with Gasteiger partial charge >= 0.3 is 5.97 Å². The molecule has 2 aromatic carbocycles. The second-order valence-corrected chi connectivity index (χ2v) is 6.10. The molecule has 0 bridgehead atoms. The van der Waals surface area contributed by atoms with Gasteiger partial charge in [0.05, 0.1) is 11.2 Å². The van der Waals surface area contributed by atoms with E-state index in [4.69, 9.17) is 0 Å². The number of hydrogen-bond acceptors (Lipinski definition) is 2. The summed E-state index contributed by atoms with van der Waals surface area (Å²) in [5.74, 6) is -0.989. The van der Waals surface area contributed by atoms with Crippen LogP contribution in [0.25, 0.3) is 21.8 Å². The largest absolute Gasteiger partial charge is 0.477 e. The molecule has 0 aliphatic carbocycles. The van der Waals surface area contributed by atoms with Gasteiger partial charge in [0.2, 0.25) is 0 Å². The molecule has 0 saturated heterocycles. The van der Waals surface area contributed by atoms with Crippen LogP contribution in [0.2, 0.25) is 0 Å². The number of rotatable bonds is 4. The minimum absolute atomic E-state index is 0.104. The molecule has 25 heavy (non-hydrogen) atoms. The van der Waals surface area contributed by atoms with Crippen molar-refractivity contribution in [2.75, 3.05) is 0 Å². The predicted octanol–water partition coefficient (Wildman–Crippen LogP) is 4.50. The summed E-state index contributed by atoms with van der Waals surface area (Å²) >= 11 is 0. The van der Waals surface area contributed by atoms with E-state index in [0.717, 1.165) is 34.0 Å². The zero-order valence-corrected chi connectivity index (χ0v) is 13.9.